The zero-order valence-corrected chi connectivity index (χ0v) is 10.8. The molecule has 4 heteroatoms. The summed E-state index contributed by atoms with van der Waals surface area (Å²) in [6.45, 7) is 4.25. The van der Waals surface area contributed by atoms with E-state index in [4.69, 9.17) is 10.9 Å². The van der Waals surface area contributed by atoms with Gasteiger partial charge in [-0.25, -0.2) is 0 Å². The predicted molar refractivity (Wildman–Crippen MR) is 74.2 cm³/mol. The third-order valence-corrected chi connectivity index (χ3v) is 3.30. The maximum atomic E-state index is 8.86. The van der Waals surface area contributed by atoms with E-state index in [1.165, 1.54) is 12.8 Å². The van der Waals surface area contributed by atoms with Crippen molar-refractivity contribution in [2.45, 2.75) is 26.2 Å². The fourth-order valence-corrected chi connectivity index (χ4v) is 2.21. The molecule has 1 aromatic carbocycles. The molecule has 1 saturated carbocycles. The summed E-state index contributed by atoms with van der Waals surface area (Å²) in [7, 11) is 0. The summed E-state index contributed by atoms with van der Waals surface area (Å²) < 4.78 is 0. The molecular weight excluding hydrogens is 226 g/mol. The van der Waals surface area contributed by atoms with Crippen molar-refractivity contribution >= 4 is 11.5 Å². The van der Waals surface area contributed by atoms with Crippen LogP contribution in [0, 0.1) is 5.92 Å². The molecule has 1 aliphatic carbocycles. The van der Waals surface area contributed by atoms with E-state index < -0.39 is 0 Å². The second-order valence-corrected chi connectivity index (χ2v) is 4.89. The third-order valence-electron chi connectivity index (χ3n) is 3.30. The van der Waals surface area contributed by atoms with E-state index in [9.17, 15) is 0 Å². The number of nitrogens with zero attached hydrogens (tertiary/aromatic N) is 2. The standard InChI is InChI=1S/C14H21N3O/c1-2-9-17(10-11-7-8-11)13-6-4-3-5-12(13)14(15)16-18/h3-6,11,18H,2,7-10H2,1H3,(H2,15,16). The topological polar surface area (TPSA) is 61.8 Å². The minimum absolute atomic E-state index is 0.183. The molecule has 4 nitrogen and oxygen atoms in total. The lowest BCUT2D eigenvalue weighted by Gasteiger charge is -2.26. The molecule has 0 atom stereocenters. The van der Waals surface area contributed by atoms with Crippen molar-refractivity contribution < 1.29 is 5.21 Å². The molecule has 0 unspecified atom stereocenters. The molecule has 18 heavy (non-hydrogen) atoms. The first kappa shape index (κ1) is 12.7. The Balaban J connectivity index is 2.27. The lowest BCUT2D eigenvalue weighted by Crippen LogP contribution is -2.29. The average Bonchev–Trinajstić information content (AvgIpc) is 3.21. The fourth-order valence-electron chi connectivity index (χ4n) is 2.21. The van der Waals surface area contributed by atoms with E-state index in [1.54, 1.807) is 0 Å². The van der Waals surface area contributed by atoms with E-state index in [2.05, 4.69) is 17.0 Å². The van der Waals surface area contributed by atoms with Crippen molar-refractivity contribution in [1.82, 2.24) is 0 Å². The molecule has 98 valence electrons. The summed E-state index contributed by atoms with van der Waals surface area (Å²) in [5, 5.41) is 12.0. The van der Waals surface area contributed by atoms with Crippen LogP contribution < -0.4 is 10.6 Å². The molecule has 2 rings (SSSR count). The van der Waals surface area contributed by atoms with Crippen molar-refractivity contribution in [1.29, 1.82) is 0 Å². The van der Waals surface area contributed by atoms with Crippen molar-refractivity contribution in [2.75, 3.05) is 18.0 Å². The molecule has 0 radical (unpaired) electrons. The van der Waals surface area contributed by atoms with Crippen LogP contribution in [0.5, 0.6) is 0 Å². The first-order valence-corrected chi connectivity index (χ1v) is 6.58. The van der Waals surface area contributed by atoms with Gasteiger partial charge >= 0.3 is 0 Å². The van der Waals surface area contributed by atoms with E-state index in [0.717, 1.165) is 36.7 Å². The lowest BCUT2D eigenvalue weighted by atomic mass is 10.1. The smallest absolute Gasteiger partial charge is 0.172 e. The monoisotopic (exact) mass is 247 g/mol. The van der Waals surface area contributed by atoms with Gasteiger partial charge in [-0.1, -0.05) is 24.2 Å². The van der Waals surface area contributed by atoms with Crippen LogP contribution in [0.1, 0.15) is 31.7 Å². The van der Waals surface area contributed by atoms with E-state index in [0.29, 0.717) is 0 Å². The van der Waals surface area contributed by atoms with Crippen molar-refractivity contribution in [3.05, 3.63) is 29.8 Å². The zero-order chi connectivity index (χ0) is 13.0. The molecule has 0 amide bonds. The number of hydrogen-bond acceptors (Lipinski definition) is 3. The minimum atomic E-state index is 0.183. The van der Waals surface area contributed by atoms with E-state index in [-0.39, 0.29) is 5.84 Å². The highest BCUT2D eigenvalue weighted by Crippen LogP contribution is 2.32. The van der Waals surface area contributed by atoms with Crippen LogP contribution in [0.3, 0.4) is 0 Å². The Morgan fingerprint density at radius 1 is 1.44 bits per heavy atom. The van der Waals surface area contributed by atoms with Crippen LogP contribution in [-0.2, 0) is 0 Å². The molecule has 0 aliphatic heterocycles. The number of para-hydroxylation sites is 1. The van der Waals surface area contributed by atoms with Gasteiger partial charge in [0.05, 0.1) is 0 Å². The summed E-state index contributed by atoms with van der Waals surface area (Å²) in [6.07, 6.45) is 3.75. The highest BCUT2D eigenvalue weighted by molar-refractivity contribution is 6.02. The zero-order valence-electron chi connectivity index (χ0n) is 10.8. The van der Waals surface area contributed by atoms with E-state index >= 15 is 0 Å². The minimum Gasteiger partial charge on any atom is -0.409 e. The van der Waals surface area contributed by atoms with E-state index in [1.807, 2.05) is 24.3 Å². The van der Waals surface area contributed by atoms with Gasteiger partial charge in [0.2, 0.25) is 0 Å². The number of benzene rings is 1. The average molecular weight is 247 g/mol. The van der Waals surface area contributed by atoms with Crippen molar-refractivity contribution in [3.8, 4) is 0 Å². The molecule has 0 saturated heterocycles. The molecule has 1 fully saturated rings. The van der Waals surface area contributed by atoms with Crippen LogP contribution in [0.25, 0.3) is 0 Å². The van der Waals surface area contributed by atoms with Gasteiger partial charge in [0.1, 0.15) is 0 Å². The number of hydrogen-bond donors (Lipinski definition) is 2. The number of rotatable bonds is 6. The van der Waals surface area contributed by atoms with Crippen LogP contribution in [0.15, 0.2) is 29.4 Å². The van der Waals surface area contributed by atoms with Gasteiger partial charge < -0.3 is 15.8 Å². The summed E-state index contributed by atoms with van der Waals surface area (Å²) in [4.78, 5) is 2.35. The summed E-state index contributed by atoms with van der Waals surface area (Å²) in [6, 6.07) is 7.86. The number of oxime groups is 1. The Kier molecular flexibility index (Phi) is 4.07. The van der Waals surface area contributed by atoms with Gasteiger partial charge in [-0.05, 0) is 37.3 Å². The Labute approximate surface area is 108 Å². The highest BCUT2D eigenvalue weighted by Gasteiger charge is 2.25. The molecular formula is C14H21N3O. The van der Waals surface area contributed by atoms with Gasteiger partial charge in [-0.3, -0.25) is 0 Å². The summed E-state index contributed by atoms with van der Waals surface area (Å²) in [5.74, 6) is 0.999. The van der Waals surface area contributed by atoms with Crippen LogP contribution in [-0.4, -0.2) is 24.1 Å². The summed E-state index contributed by atoms with van der Waals surface area (Å²) in [5.41, 5.74) is 7.63. The second-order valence-electron chi connectivity index (χ2n) is 4.89. The highest BCUT2D eigenvalue weighted by atomic mass is 16.4. The number of anilines is 1. The molecule has 1 aliphatic rings. The molecule has 3 N–H and O–H groups in total. The molecule has 1 aromatic rings. The number of amidine groups is 1. The van der Waals surface area contributed by atoms with Crippen LogP contribution in [0.2, 0.25) is 0 Å². The Hall–Kier alpha value is -1.71. The van der Waals surface area contributed by atoms with Gasteiger partial charge in [0.25, 0.3) is 0 Å². The molecule has 0 aromatic heterocycles. The Bertz CT molecular complexity index is 427. The van der Waals surface area contributed by atoms with Crippen LogP contribution >= 0.6 is 0 Å². The first-order chi connectivity index (χ1) is 8.76. The maximum absolute atomic E-state index is 8.86. The molecule has 0 heterocycles. The fraction of sp³-hybridized carbons (Fsp3) is 0.500. The second kappa shape index (κ2) is 5.76. The third kappa shape index (κ3) is 2.94. The molecule has 0 bridgehead atoms. The largest absolute Gasteiger partial charge is 0.409 e. The Morgan fingerprint density at radius 2 is 2.17 bits per heavy atom. The van der Waals surface area contributed by atoms with Gasteiger partial charge in [-0.2, -0.15) is 0 Å². The molecule has 0 spiro atoms. The number of nitrogens with two attached hydrogens (primary N) is 1. The van der Waals surface area contributed by atoms with Gasteiger partial charge in [0.15, 0.2) is 5.84 Å². The quantitative estimate of drug-likeness (QED) is 0.351. The lowest BCUT2D eigenvalue weighted by molar-refractivity contribution is 0.318. The van der Waals surface area contributed by atoms with Gasteiger partial charge in [0, 0.05) is 24.3 Å². The van der Waals surface area contributed by atoms with Gasteiger partial charge in [-0.15, -0.1) is 0 Å². The summed E-state index contributed by atoms with van der Waals surface area (Å²) >= 11 is 0. The SMILES string of the molecule is CCCN(CC1CC1)c1ccccc1/C(N)=N/O. The first-order valence-electron chi connectivity index (χ1n) is 6.58. The predicted octanol–water partition coefficient (Wildman–Crippen LogP) is 2.41. The van der Waals surface area contributed by atoms with Crippen LogP contribution in [0.4, 0.5) is 5.69 Å². The Morgan fingerprint density at radius 3 is 2.78 bits per heavy atom. The van der Waals surface area contributed by atoms with Crippen molar-refractivity contribution in [2.24, 2.45) is 16.8 Å². The normalized spacial score (nSPS) is 15.7. The van der Waals surface area contributed by atoms with Crippen molar-refractivity contribution in [3.63, 3.8) is 0 Å². The maximum Gasteiger partial charge on any atom is 0.172 e.